The molecule has 1 N–H and O–H groups in total. The average Bonchev–Trinajstić information content (AvgIpc) is 2.69. The van der Waals surface area contributed by atoms with Gasteiger partial charge in [-0.05, 0) is 55.3 Å². The van der Waals surface area contributed by atoms with Gasteiger partial charge in [0.05, 0.1) is 16.6 Å². The van der Waals surface area contributed by atoms with Crippen LogP contribution in [0.5, 0.6) is 0 Å². The van der Waals surface area contributed by atoms with Crippen molar-refractivity contribution in [1.29, 1.82) is 0 Å². The van der Waals surface area contributed by atoms with Crippen LogP contribution in [0.15, 0.2) is 18.2 Å². The number of nitrogens with zero attached hydrogens (tertiary/aromatic N) is 1. The fourth-order valence-electron chi connectivity index (χ4n) is 2.08. The van der Waals surface area contributed by atoms with Crippen molar-refractivity contribution in [1.82, 2.24) is 9.55 Å². The number of imidazole rings is 1. The van der Waals surface area contributed by atoms with Gasteiger partial charge < -0.3 is 9.55 Å². The fourth-order valence-corrected chi connectivity index (χ4v) is 2.87. The molecule has 1 aromatic carbocycles. The molecule has 0 aliphatic heterocycles. The maximum atomic E-state index is 12.7. The van der Waals surface area contributed by atoms with Gasteiger partial charge in [-0.15, -0.1) is 0 Å². The molecule has 0 unspecified atom stereocenters. The molecule has 0 atom stereocenters. The zero-order valence-corrected chi connectivity index (χ0v) is 12.6. The Hall–Kier alpha value is -0.950. The van der Waals surface area contributed by atoms with Crippen molar-refractivity contribution in [3.05, 3.63) is 28.5 Å². The number of nitrogens with one attached hydrogen (secondary N) is 1. The Morgan fingerprint density at radius 1 is 1.30 bits per heavy atom. The normalized spacial score (nSPS) is 12.2. The topological polar surface area (TPSA) is 20.7 Å². The van der Waals surface area contributed by atoms with Crippen LogP contribution in [-0.4, -0.2) is 21.6 Å². The monoisotopic (exact) mass is 320 g/mol. The molecule has 7 heteroatoms. The maximum absolute atomic E-state index is 12.7. The summed E-state index contributed by atoms with van der Waals surface area (Å²) in [6.07, 6.45) is -0.251. The van der Waals surface area contributed by atoms with E-state index >= 15 is 0 Å². The smallest absolute Gasteiger partial charge is 0.331 e. The lowest BCUT2D eigenvalue weighted by Gasteiger charge is -2.07. The molecule has 0 saturated carbocycles. The molecular formula is C13H15F3N2S2. The lowest BCUT2D eigenvalue weighted by molar-refractivity contribution is -0.137. The summed E-state index contributed by atoms with van der Waals surface area (Å²) in [5.74, 6) is 1.08. The molecule has 110 valence electrons. The van der Waals surface area contributed by atoms with Crippen molar-refractivity contribution in [2.24, 2.45) is 0 Å². The first-order valence-corrected chi connectivity index (χ1v) is 8.02. The molecule has 1 heterocycles. The van der Waals surface area contributed by atoms with Crippen LogP contribution >= 0.6 is 24.0 Å². The van der Waals surface area contributed by atoms with Gasteiger partial charge in [0.2, 0.25) is 0 Å². The number of rotatable bonds is 5. The van der Waals surface area contributed by atoms with Crippen LogP contribution in [0.3, 0.4) is 0 Å². The van der Waals surface area contributed by atoms with Crippen molar-refractivity contribution in [3.63, 3.8) is 0 Å². The molecular weight excluding hydrogens is 305 g/mol. The minimum Gasteiger partial charge on any atom is -0.331 e. The van der Waals surface area contributed by atoms with Crippen molar-refractivity contribution in [2.45, 2.75) is 25.6 Å². The van der Waals surface area contributed by atoms with E-state index < -0.39 is 11.7 Å². The largest absolute Gasteiger partial charge is 0.416 e. The van der Waals surface area contributed by atoms with Gasteiger partial charge >= 0.3 is 6.18 Å². The molecule has 0 amide bonds. The van der Waals surface area contributed by atoms with Gasteiger partial charge in [-0.3, -0.25) is 0 Å². The Morgan fingerprint density at radius 2 is 2.05 bits per heavy atom. The van der Waals surface area contributed by atoms with E-state index in [1.807, 2.05) is 4.57 Å². The summed E-state index contributed by atoms with van der Waals surface area (Å²) < 4.78 is 40.3. The second-order valence-electron chi connectivity index (χ2n) is 4.51. The van der Waals surface area contributed by atoms with Crippen molar-refractivity contribution in [3.8, 4) is 0 Å². The molecule has 1 aromatic heterocycles. The van der Waals surface area contributed by atoms with Crippen LogP contribution in [0.2, 0.25) is 0 Å². The van der Waals surface area contributed by atoms with Gasteiger partial charge in [0.25, 0.3) is 0 Å². The number of H-pyrrole nitrogens is 1. The minimum atomic E-state index is -4.33. The first-order chi connectivity index (χ1) is 9.43. The summed E-state index contributed by atoms with van der Waals surface area (Å²) in [4.78, 5) is 2.85. The highest BCUT2D eigenvalue weighted by Crippen LogP contribution is 2.31. The van der Waals surface area contributed by atoms with Crippen molar-refractivity contribution in [2.75, 3.05) is 12.0 Å². The molecule has 0 fully saturated rings. The molecule has 0 spiro atoms. The summed E-state index contributed by atoms with van der Waals surface area (Å²) in [6, 6.07) is 3.70. The Bertz CT molecular complexity index is 643. The number of hydrogen-bond donors (Lipinski definition) is 1. The van der Waals surface area contributed by atoms with Gasteiger partial charge in [-0.1, -0.05) is 0 Å². The van der Waals surface area contributed by atoms with Crippen LogP contribution in [0.4, 0.5) is 13.2 Å². The van der Waals surface area contributed by atoms with Crippen LogP contribution in [-0.2, 0) is 12.7 Å². The van der Waals surface area contributed by atoms with Crippen molar-refractivity contribution >= 4 is 35.0 Å². The molecule has 2 rings (SSSR count). The highest BCUT2D eigenvalue weighted by molar-refractivity contribution is 7.98. The van der Waals surface area contributed by atoms with E-state index in [0.717, 1.165) is 42.8 Å². The summed E-state index contributed by atoms with van der Waals surface area (Å²) >= 11 is 6.97. The summed E-state index contributed by atoms with van der Waals surface area (Å²) in [6.45, 7) is 0.727. The molecule has 0 bridgehead atoms. The number of unbranched alkanes of at least 4 members (excludes halogenated alkanes) is 1. The first-order valence-electron chi connectivity index (χ1n) is 6.22. The van der Waals surface area contributed by atoms with E-state index in [2.05, 4.69) is 11.2 Å². The number of fused-ring (bicyclic) bond motifs is 1. The SMILES string of the molecule is CSCCCCn1c(=S)[nH]c2cc(C(F)(F)F)ccc21. The molecule has 0 saturated heterocycles. The van der Waals surface area contributed by atoms with E-state index in [4.69, 9.17) is 12.2 Å². The summed E-state index contributed by atoms with van der Waals surface area (Å²) in [5.41, 5.74) is 0.512. The Kier molecular flexibility index (Phi) is 4.80. The first kappa shape index (κ1) is 15.4. The number of aromatic amines is 1. The molecule has 2 aromatic rings. The number of alkyl halides is 3. The van der Waals surface area contributed by atoms with Crippen LogP contribution < -0.4 is 0 Å². The third-order valence-electron chi connectivity index (χ3n) is 3.08. The lowest BCUT2D eigenvalue weighted by Crippen LogP contribution is -2.04. The predicted molar refractivity (Wildman–Crippen MR) is 79.7 cm³/mol. The zero-order chi connectivity index (χ0) is 14.8. The highest BCUT2D eigenvalue weighted by atomic mass is 32.2. The summed E-state index contributed by atoms with van der Waals surface area (Å²) in [7, 11) is 0. The Labute approximate surface area is 124 Å². The van der Waals surface area contributed by atoms with E-state index in [1.54, 1.807) is 11.8 Å². The van der Waals surface area contributed by atoms with Crippen molar-refractivity contribution < 1.29 is 13.2 Å². The number of aromatic nitrogens is 2. The van der Waals surface area contributed by atoms with E-state index in [0.29, 0.717) is 10.3 Å². The van der Waals surface area contributed by atoms with E-state index in [-0.39, 0.29) is 0 Å². The zero-order valence-electron chi connectivity index (χ0n) is 11.0. The molecule has 2 nitrogen and oxygen atoms in total. The van der Waals surface area contributed by atoms with Crippen LogP contribution in [0.25, 0.3) is 11.0 Å². The average molecular weight is 320 g/mol. The Morgan fingerprint density at radius 3 is 2.70 bits per heavy atom. The minimum absolute atomic E-state index is 0.440. The number of thioether (sulfide) groups is 1. The van der Waals surface area contributed by atoms with Crippen LogP contribution in [0, 0.1) is 4.77 Å². The quantitative estimate of drug-likeness (QED) is 0.627. The van der Waals surface area contributed by atoms with E-state index in [1.165, 1.54) is 6.07 Å². The second kappa shape index (κ2) is 6.22. The number of aryl methyl sites for hydroxylation is 1. The van der Waals surface area contributed by atoms with Gasteiger partial charge in [-0.2, -0.15) is 24.9 Å². The third-order valence-corrected chi connectivity index (χ3v) is 4.10. The number of halogens is 3. The fraction of sp³-hybridized carbons (Fsp3) is 0.462. The van der Waals surface area contributed by atoms with Gasteiger partial charge in [0, 0.05) is 6.54 Å². The van der Waals surface area contributed by atoms with Gasteiger partial charge in [0.15, 0.2) is 4.77 Å². The second-order valence-corrected chi connectivity index (χ2v) is 5.88. The lowest BCUT2D eigenvalue weighted by atomic mass is 10.2. The van der Waals surface area contributed by atoms with Crippen LogP contribution in [0.1, 0.15) is 18.4 Å². The molecule has 20 heavy (non-hydrogen) atoms. The molecule has 0 aliphatic carbocycles. The molecule has 0 aliphatic rings. The standard InChI is InChI=1S/C13H15F3N2S2/c1-20-7-3-2-6-18-11-5-4-9(13(14,15)16)8-10(11)17-12(18)19/h4-5,8H,2-3,6-7H2,1H3,(H,17,19). The Balaban J connectivity index is 2.28. The predicted octanol–water partition coefficient (Wildman–Crippen LogP) is 4.86. The van der Waals surface area contributed by atoms with Gasteiger partial charge in [-0.25, -0.2) is 0 Å². The maximum Gasteiger partial charge on any atom is 0.416 e. The summed E-state index contributed by atoms with van der Waals surface area (Å²) in [5, 5.41) is 0. The number of hydrogen-bond acceptors (Lipinski definition) is 2. The highest BCUT2D eigenvalue weighted by Gasteiger charge is 2.30. The number of benzene rings is 1. The van der Waals surface area contributed by atoms with E-state index in [9.17, 15) is 13.2 Å². The molecule has 0 radical (unpaired) electrons. The van der Waals surface area contributed by atoms with Gasteiger partial charge in [0.1, 0.15) is 0 Å². The third kappa shape index (κ3) is 3.38.